The highest BCUT2D eigenvalue weighted by molar-refractivity contribution is 5.70. The molecule has 0 spiro atoms. The summed E-state index contributed by atoms with van der Waals surface area (Å²) in [6.07, 6.45) is 3.46. The first-order chi connectivity index (χ1) is 8.81. The fourth-order valence-corrected chi connectivity index (χ4v) is 2.02. The molecule has 2 heterocycles. The van der Waals surface area contributed by atoms with Gasteiger partial charge in [0, 0.05) is 18.0 Å². The molecule has 4 heteroatoms. The van der Waals surface area contributed by atoms with Gasteiger partial charge in [-0.3, -0.25) is 4.40 Å². The van der Waals surface area contributed by atoms with Crippen LogP contribution < -0.4 is 0 Å². The molecular weight excluding hydrogens is 229 g/mol. The van der Waals surface area contributed by atoms with E-state index in [0.717, 1.165) is 11.3 Å². The molecular formula is C14H8FN3. The van der Waals surface area contributed by atoms with E-state index in [1.54, 1.807) is 24.5 Å². The van der Waals surface area contributed by atoms with E-state index in [9.17, 15) is 4.39 Å². The summed E-state index contributed by atoms with van der Waals surface area (Å²) in [4.78, 5) is 4.17. The summed E-state index contributed by atoms with van der Waals surface area (Å²) in [7, 11) is 0. The Bertz CT molecular complexity index is 768. The Hall–Kier alpha value is -2.67. The standard InChI is InChI=1S/C14H8FN3/c15-12-4-1-3-10(11(12)9-16)13-5-2-6-14-17-7-8-18(13)14/h1-8H. The van der Waals surface area contributed by atoms with E-state index in [1.165, 1.54) is 6.07 Å². The Balaban J connectivity index is 2.37. The first-order valence-corrected chi connectivity index (χ1v) is 5.42. The van der Waals surface area contributed by atoms with E-state index in [1.807, 2.05) is 28.7 Å². The quantitative estimate of drug-likeness (QED) is 0.652. The highest BCUT2D eigenvalue weighted by Gasteiger charge is 2.12. The third-order valence-corrected chi connectivity index (χ3v) is 2.83. The summed E-state index contributed by atoms with van der Waals surface area (Å²) >= 11 is 0. The highest BCUT2D eigenvalue weighted by Crippen LogP contribution is 2.25. The number of fused-ring (bicyclic) bond motifs is 1. The normalized spacial score (nSPS) is 10.4. The Morgan fingerprint density at radius 3 is 2.83 bits per heavy atom. The van der Waals surface area contributed by atoms with Gasteiger partial charge in [0.05, 0.1) is 11.3 Å². The van der Waals surface area contributed by atoms with Crippen LogP contribution in [0.15, 0.2) is 48.8 Å². The lowest BCUT2D eigenvalue weighted by Gasteiger charge is -2.07. The van der Waals surface area contributed by atoms with Crippen LogP contribution >= 0.6 is 0 Å². The minimum absolute atomic E-state index is 0.0544. The van der Waals surface area contributed by atoms with Crippen molar-refractivity contribution in [3.05, 3.63) is 60.2 Å². The van der Waals surface area contributed by atoms with Gasteiger partial charge in [-0.15, -0.1) is 0 Å². The number of aromatic nitrogens is 2. The lowest BCUT2D eigenvalue weighted by atomic mass is 10.0. The molecule has 1 aromatic carbocycles. The van der Waals surface area contributed by atoms with Crippen LogP contribution in [0.5, 0.6) is 0 Å². The molecule has 0 N–H and O–H groups in total. The molecule has 0 aliphatic carbocycles. The molecule has 0 aliphatic rings. The zero-order valence-corrected chi connectivity index (χ0v) is 9.34. The molecule has 3 aromatic rings. The molecule has 0 radical (unpaired) electrons. The minimum atomic E-state index is -0.507. The highest BCUT2D eigenvalue weighted by atomic mass is 19.1. The van der Waals surface area contributed by atoms with Crippen molar-refractivity contribution < 1.29 is 4.39 Å². The fourth-order valence-electron chi connectivity index (χ4n) is 2.02. The predicted molar refractivity (Wildman–Crippen MR) is 65.3 cm³/mol. The number of halogens is 1. The summed E-state index contributed by atoms with van der Waals surface area (Å²) in [5, 5.41) is 9.07. The van der Waals surface area contributed by atoms with Gasteiger partial charge in [-0.05, 0) is 18.2 Å². The number of imidazole rings is 1. The van der Waals surface area contributed by atoms with Crippen molar-refractivity contribution in [2.45, 2.75) is 0 Å². The largest absolute Gasteiger partial charge is 0.300 e. The van der Waals surface area contributed by atoms with Crippen molar-refractivity contribution in [3.8, 4) is 17.3 Å². The third-order valence-electron chi connectivity index (χ3n) is 2.83. The Morgan fingerprint density at radius 1 is 1.17 bits per heavy atom. The number of hydrogen-bond donors (Lipinski definition) is 0. The van der Waals surface area contributed by atoms with Crippen LogP contribution in [0.1, 0.15) is 5.56 Å². The average molecular weight is 237 g/mol. The second-order valence-electron chi connectivity index (χ2n) is 3.84. The third kappa shape index (κ3) is 1.45. The summed E-state index contributed by atoms with van der Waals surface area (Å²) in [6, 6.07) is 12.1. The molecule has 3 rings (SSSR count). The Labute approximate surface area is 103 Å². The number of nitriles is 1. The van der Waals surface area contributed by atoms with Crippen molar-refractivity contribution in [1.82, 2.24) is 9.38 Å². The SMILES string of the molecule is N#Cc1c(F)cccc1-c1cccc2nccn12. The molecule has 18 heavy (non-hydrogen) atoms. The maximum Gasteiger partial charge on any atom is 0.141 e. The molecule has 0 atom stereocenters. The van der Waals surface area contributed by atoms with Crippen LogP contribution in [0.4, 0.5) is 4.39 Å². The molecule has 0 saturated carbocycles. The molecule has 2 aromatic heterocycles. The van der Waals surface area contributed by atoms with Gasteiger partial charge in [0.2, 0.25) is 0 Å². The van der Waals surface area contributed by atoms with Gasteiger partial charge in [0.1, 0.15) is 17.5 Å². The summed E-state index contributed by atoms with van der Waals surface area (Å²) < 4.78 is 15.4. The average Bonchev–Trinajstić information content (AvgIpc) is 2.86. The zero-order chi connectivity index (χ0) is 12.5. The molecule has 0 bridgehead atoms. The van der Waals surface area contributed by atoms with Crippen molar-refractivity contribution in [3.63, 3.8) is 0 Å². The molecule has 0 unspecified atom stereocenters. The van der Waals surface area contributed by atoms with E-state index in [0.29, 0.717) is 5.56 Å². The van der Waals surface area contributed by atoms with Crippen LogP contribution in [-0.2, 0) is 0 Å². The van der Waals surface area contributed by atoms with E-state index in [4.69, 9.17) is 5.26 Å². The van der Waals surface area contributed by atoms with Crippen LogP contribution in [0.2, 0.25) is 0 Å². The summed E-state index contributed by atoms with van der Waals surface area (Å²) in [5.41, 5.74) is 2.14. The van der Waals surface area contributed by atoms with Crippen molar-refractivity contribution in [2.75, 3.05) is 0 Å². The lowest BCUT2D eigenvalue weighted by Crippen LogP contribution is -1.95. The second kappa shape index (κ2) is 3.97. The van der Waals surface area contributed by atoms with Crippen molar-refractivity contribution >= 4 is 5.65 Å². The van der Waals surface area contributed by atoms with Gasteiger partial charge < -0.3 is 0 Å². The van der Waals surface area contributed by atoms with Gasteiger partial charge in [-0.2, -0.15) is 5.26 Å². The van der Waals surface area contributed by atoms with Crippen LogP contribution in [0, 0.1) is 17.1 Å². The topological polar surface area (TPSA) is 41.1 Å². The van der Waals surface area contributed by atoms with E-state index < -0.39 is 5.82 Å². The minimum Gasteiger partial charge on any atom is -0.300 e. The Morgan fingerprint density at radius 2 is 2.00 bits per heavy atom. The first kappa shape index (κ1) is 10.5. The lowest BCUT2D eigenvalue weighted by molar-refractivity contribution is 0.624. The number of pyridine rings is 1. The maximum atomic E-state index is 13.6. The van der Waals surface area contributed by atoms with E-state index >= 15 is 0 Å². The van der Waals surface area contributed by atoms with Gasteiger partial charge in [-0.1, -0.05) is 18.2 Å². The van der Waals surface area contributed by atoms with Crippen LogP contribution in [-0.4, -0.2) is 9.38 Å². The first-order valence-electron chi connectivity index (χ1n) is 5.42. The second-order valence-corrected chi connectivity index (χ2v) is 3.84. The molecule has 0 aliphatic heterocycles. The molecule has 0 saturated heterocycles. The van der Waals surface area contributed by atoms with Crippen molar-refractivity contribution in [1.29, 1.82) is 5.26 Å². The monoisotopic (exact) mass is 237 g/mol. The summed E-state index contributed by atoms with van der Waals surface area (Å²) in [6.45, 7) is 0. The van der Waals surface area contributed by atoms with Crippen LogP contribution in [0.25, 0.3) is 16.9 Å². The predicted octanol–water partition coefficient (Wildman–Crippen LogP) is 3.01. The number of rotatable bonds is 1. The molecule has 0 amide bonds. The maximum absolute atomic E-state index is 13.6. The van der Waals surface area contributed by atoms with E-state index in [2.05, 4.69) is 4.98 Å². The summed E-state index contributed by atoms with van der Waals surface area (Å²) in [5.74, 6) is -0.507. The van der Waals surface area contributed by atoms with Gasteiger partial charge >= 0.3 is 0 Å². The smallest absolute Gasteiger partial charge is 0.141 e. The Kier molecular flexibility index (Phi) is 2.31. The fraction of sp³-hybridized carbons (Fsp3) is 0. The van der Waals surface area contributed by atoms with E-state index in [-0.39, 0.29) is 5.56 Å². The molecule has 86 valence electrons. The zero-order valence-electron chi connectivity index (χ0n) is 9.34. The number of benzene rings is 1. The van der Waals surface area contributed by atoms with Crippen molar-refractivity contribution in [2.24, 2.45) is 0 Å². The van der Waals surface area contributed by atoms with Gasteiger partial charge in [-0.25, -0.2) is 9.37 Å². The van der Waals surface area contributed by atoms with Gasteiger partial charge in [0.15, 0.2) is 0 Å². The molecule has 0 fully saturated rings. The number of hydrogen-bond acceptors (Lipinski definition) is 2. The van der Waals surface area contributed by atoms with Crippen LogP contribution in [0.3, 0.4) is 0 Å². The molecule has 3 nitrogen and oxygen atoms in total. The number of nitrogens with zero attached hydrogens (tertiary/aromatic N) is 3. The van der Waals surface area contributed by atoms with Gasteiger partial charge in [0.25, 0.3) is 0 Å².